The summed E-state index contributed by atoms with van der Waals surface area (Å²) in [6.45, 7) is 1.90. The SMILES string of the molecule is Cc1cccc(C(=O)Nc2cc(C(=O)O)ccc2Br)c1. The lowest BCUT2D eigenvalue weighted by Crippen LogP contribution is -2.13. The summed E-state index contributed by atoms with van der Waals surface area (Å²) >= 11 is 3.29. The minimum atomic E-state index is -1.04. The molecule has 20 heavy (non-hydrogen) atoms. The van der Waals surface area contributed by atoms with Crippen molar-refractivity contribution in [1.82, 2.24) is 0 Å². The highest BCUT2D eigenvalue weighted by atomic mass is 79.9. The first-order chi connectivity index (χ1) is 9.47. The molecule has 0 bridgehead atoms. The number of halogens is 1. The number of benzene rings is 2. The molecule has 0 saturated heterocycles. The Hall–Kier alpha value is -2.14. The Morgan fingerprint density at radius 3 is 2.50 bits per heavy atom. The first-order valence-electron chi connectivity index (χ1n) is 5.88. The molecule has 1 amide bonds. The van der Waals surface area contributed by atoms with Gasteiger partial charge in [0.2, 0.25) is 0 Å². The number of carbonyl (C=O) groups excluding carboxylic acids is 1. The van der Waals surface area contributed by atoms with Gasteiger partial charge in [0.1, 0.15) is 0 Å². The van der Waals surface area contributed by atoms with Crippen LogP contribution in [0.15, 0.2) is 46.9 Å². The molecule has 2 aromatic rings. The van der Waals surface area contributed by atoms with Gasteiger partial charge in [0, 0.05) is 10.0 Å². The summed E-state index contributed by atoms with van der Waals surface area (Å²) in [5.74, 6) is -1.32. The molecule has 0 heterocycles. The zero-order valence-corrected chi connectivity index (χ0v) is 12.3. The summed E-state index contributed by atoms with van der Waals surface area (Å²) in [7, 11) is 0. The molecular weight excluding hydrogens is 322 g/mol. The number of carboxylic acids is 1. The Labute approximate surface area is 124 Å². The Morgan fingerprint density at radius 1 is 1.10 bits per heavy atom. The van der Waals surface area contributed by atoms with Gasteiger partial charge >= 0.3 is 5.97 Å². The van der Waals surface area contributed by atoms with Crippen LogP contribution >= 0.6 is 15.9 Å². The van der Waals surface area contributed by atoms with E-state index in [1.165, 1.54) is 12.1 Å². The number of carboxylic acid groups (broad SMARTS) is 1. The van der Waals surface area contributed by atoms with Crippen molar-refractivity contribution in [2.24, 2.45) is 0 Å². The minimum Gasteiger partial charge on any atom is -0.478 e. The third kappa shape index (κ3) is 3.24. The maximum Gasteiger partial charge on any atom is 0.335 e. The van der Waals surface area contributed by atoms with Crippen LogP contribution in [-0.2, 0) is 0 Å². The van der Waals surface area contributed by atoms with Gasteiger partial charge < -0.3 is 10.4 Å². The third-order valence-corrected chi connectivity index (χ3v) is 3.43. The van der Waals surface area contributed by atoms with Crippen molar-refractivity contribution in [3.05, 3.63) is 63.6 Å². The van der Waals surface area contributed by atoms with Crippen LogP contribution in [-0.4, -0.2) is 17.0 Å². The number of rotatable bonds is 3. The lowest BCUT2D eigenvalue weighted by molar-refractivity contribution is 0.0696. The maximum absolute atomic E-state index is 12.1. The Balaban J connectivity index is 2.27. The predicted octanol–water partition coefficient (Wildman–Crippen LogP) is 3.71. The Kier molecular flexibility index (Phi) is 4.20. The molecule has 2 rings (SSSR count). The van der Waals surface area contributed by atoms with Crippen molar-refractivity contribution >= 4 is 33.5 Å². The van der Waals surface area contributed by atoms with Crippen molar-refractivity contribution in [3.63, 3.8) is 0 Å². The standard InChI is InChI=1S/C15H12BrNO3/c1-9-3-2-4-10(7-9)14(18)17-13-8-11(15(19)20)5-6-12(13)16/h2-8H,1H3,(H,17,18)(H,19,20). The summed E-state index contributed by atoms with van der Waals surface area (Å²) in [6.07, 6.45) is 0. The summed E-state index contributed by atoms with van der Waals surface area (Å²) in [5.41, 5.74) is 2.05. The number of aryl methyl sites for hydroxylation is 1. The van der Waals surface area contributed by atoms with Gasteiger partial charge in [0.25, 0.3) is 5.91 Å². The molecular formula is C15H12BrNO3. The molecule has 0 aliphatic heterocycles. The van der Waals surface area contributed by atoms with E-state index < -0.39 is 5.97 Å². The average Bonchev–Trinajstić information content (AvgIpc) is 2.41. The van der Waals surface area contributed by atoms with E-state index in [1.807, 2.05) is 13.0 Å². The fraction of sp³-hybridized carbons (Fsp3) is 0.0667. The largest absolute Gasteiger partial charge is 0.478 e. The number of aromatic carboxylic acids is 1. The number of carbonyl (C=O) groups is 2. The summed E-state index contributed by atoms with van der Waals surface area (Å²) < 4.78 is 0.628. The zero-order valence-electron chi connectivity index (χ0n) is 10.7. The second-order valence-corrected chi connectivity index (χ2v) is 5.18. The fourth-order valence-corrected chi connectivity index (χ4v) is 2.08. The lowest BCUT2D eigenvalue weighted by atomic mass is 10.1. The van der Waals surface area contributed by atoms with Crippen LogP contribution in [0.4, 0.5) is 5.69 Å². The van der Waals surface area contributed by atoms with Gasteiger partial charge in [-0.1, -0.05) is 17.7 Å². The highest BCUT2D eigenvalue weighted by Gasteiger charge is 2.11. The predicted molar refractivity (Wildman–Crippen MR) is 80.2 cm³/mol. The van der Waals surface area contributed by atoms with Crippen LogP contribution in [0.2, 0.25) is 0 Å². The van der Waals surface area contributed by atoms with Crippen molar-refractivity contribution in [2.75, 3.05) is 5.32 Å². The Morgan fingerprint density at radius 2 is 1.85 bits per heavy atom. The van der Waals surface area contributed by atoms with Crippen LogP contribution in [0.3, 0.4) is 0 Å². The van der Waals surface area contributed by atoms with Crippen molar-refractivity contribution in [1.29, 1.82) is 0 Å². The molecule has 0 spiro atoms. The van der Waals surface area contributed by atoms with Crippen molar-refractivity contribution < 1.29 is 14.7 Å². The number of hydrogen-bond donors (Lipinski definition) is 2. The van der Waals surface area contributed by atoms with Crippen LogP contribution in [0.1, 0.15) is 26.3 Å². The number of nitrogens with one attached hydrogen (secondary N) is 1. The lowest BCUT2D eigenvalue weighted by Gasteiger charge is -2.09. The number of amides is 1. The molecule has 4 nitrogen and oxygen atoms in total. The molecule has 0 atom stereocenters. The summed E-state index contributed by atoms with van der Waals surface area (Å²) in [6, 6.07) is 11.6. The van der Waals surface area contributed by atoms with E-state index in [2.05, 4.69) is 21.2 Å². The van der Waals surface area contributed by atoms with Gasteiger partial charge in [0.15, 0.2) is 0 Å². The normalized spacial score (nSPS) is 10.1. The molecule has 2 N–H and O–H groups in total. The number of anilines is 1. The first-order valence-corrected chi connectivity index (χ1v) is 6.67. The monoisotopic (exact) mass is 333 g/mol. The van der Waals surface area contributed by atoms with Crippen LogP contribution in [0.25, 0.3) is 0 Å². The van der Waals surface area contributed by atoms with Crippen LogP contribution in [0.5, 0.6) is 0 Å². The third-order valence-electron chi connectivity index (χ3n) is 2.74. The van der Waals surface area contributed by atoms with Crippen molar-refractivity contribution in [2.45, 2.75) is 6.92 Å². The van der Waals surface area contributed by atoms with Gasteiger partial charge in [-0.15, -0.1) is 0 Å². The van der Waals surface area contributed by atoms with Crippen molar-refractivity contribution in [3.8, 4) is 0 Å². The van der Waals surface area contributed by atoms with E-state index in [1.54, 1.807) is 24.3 Å². The molecule has 5 heteroatoms. The maximum atomic E-state index is 12.1. The van der Waals surface area contributed by atoms with Gasteiger partial charge in [-0.05, 0) is 53.2 Å². The summed E-state index contributed by atoms with van der Waals surface area (Å²) in [4.78, 5) is 23.1. The highest BCUT2D eigenvalue weighted by molar-refractivity contribution is 9.10. The topological polar surface area (TPSA) is 66.4 Å². The molecule has 0 unspecified atom stereocenters. The molecule has 0 saturated carbocycles. The van der Waals surface area contributed by atoms with E-state index in [0.29, 0.717) is 15.7 Å². The van der Waals surface area contributed by atoms with Gasteiger partial charge in [0.05, 0.1) is 11.3 Å². The smallest absolute Gasteiger partial charge is 0.335 e. The molecule has 0 fully saturated rings. The fourth-order valence-electron chi connectivity index (χ4n) is 1.73. The first kappa shape index (κ1) is 14.3. The van der Waals surface area contributed by atoms with E-state index in [4.69, 9.17) is 5.11 Å². The van der Waals surface area contributed by atoms with Gasteiger partial charge in [-0.2, -0.15) is 0 Å². The molecule has 0 aliphatic carbocycles. The quantitative estimate of drug-likeness (QED) is 0.899. The van der Waals surface area contributed by atoms with Crippen LogP contribution in [0, 0.1) is 6.92 Å². The molecule has 2 aromatic carbocycles. The average molecular weight is 334 g/mol. The van der Waals surface area contributed by atoms with Gasteiger partial charge in [-0.3, -0.25) is 4.79 Å². The van der Waals surface area contributed by atoms with Crippen LogP contribution < -0.4 is 5.32 Å². The van der Waals surface area contributed by atoms with E-state index in [-0.39, 0.29) is 11.5 Å². The second kappa shape index (κ2) is 5.88. The molecule has 0 radical (unpaired) electrons. The van der Waals surface area contributed by atoms with E-state index >= 15 is 0 Å². The van der Waals surface area contributed by atoms with E-state index in [9.17, 15) is 9.59 Å². The molecule has 102 valence electrons. The zero-order chi connectivity index (χ0) is 14.7. The molecule has 0 aromatic heterocycles. The summed E-state index contributed by atoms with van der Waals surface area (Å²) in [5, 5.41) is 11.7. The Bertz CT molecular complexity index is 683. The number of hydrogen-bond acceptors (Lipinski definition) is 2. The van der Waals surface area contributed by atoms with E-state index in [0.717, 1.165) is 5.56 Å². The highest BCUT2D eigenvalue weighted by Crippen LogP contribution is 2.24. The minimum absolute atomic E-state index is 0.118. The van der Waals surface area contributed by atoms with Gasteiger partial charge in [-0.25, -0.2) is 4.79 Å². The second-order valence-electron chi connectivity index (χ2n) is 4.32. The molecule has 0 aliphatic rings.